The van der Waals surface area contributed by atoms with E-state index in [1.165, 1.54) is 7.11 Å². The smallest absolute Gasteiger partial charge is 0.250 e. The number of anilines is 1. The molecule has 0 saturated heterocycles. The molecular formula is C13H17N3O2. The molecule has 1 aliphatic rings. The van der Waals surface area contributed by atoms with Gasteiger partial charge in [-0.3, -0.25) is 9.79 Å². The zero-order valence-corrected chi connectivity index (χ0v) is 10.4. The highest BCUT2D eigenvalue weighted by Gasteiger charge is 2.12. The first kappa shape index (κ1) is 12.6. The number of ether oxygens (including phenoxy) is 1. The topological polar surface area (TPSA) is 62.7 Å². The molecule has 1 heterocycles. The third-order valence-corrected chi connectivity index (χ3v) is 2.63. The number of nitrogens with zero attached hydrogens (tertiary/aromatic N) is 1. The van der Waals surface area contributed by atoms with Gasteiger partial charge in [0.15, 0.2) is 0 Å². The van der Waals surface area contributed by atoms with Gasteiger partial charge in [0.1, 0.15) is 12.4 Å². The average molecular weight is 247 g/mol. The van der Waals surface area contributed by atoms with E-state index in [1.54, 1.807) is 0 Å². The number of carbonyl (C=O) groups excluding carboxylic acids is 1. The first-order valence-corrected chi connectivity index (χ1v) is 5.98. The van der Waals surface area contributed by atoms with Crippen molar-refractivity contribution >= 4 is 17.4 Å². The molecule has 96 valence electrons. The highest BCUT2D eigenvalue weighted by Crippen LogP contribution is 2.16. The molecule has 0 radical (unpaired) electrons. The van der Waals surface area contributed by atoms with Gasteiger partial charge in [-0.1, -0.05) is 12.1 Å². The molecule has 0 aliphatic carbocycles. The summed E-state index contributed by atoms with van der Waals surface area (Å²) in [6.45, 7) is 1.79. The molecule has 0 aromatic heterocycles. The quantitative estimate of drug-likeness (QED) is 0.834. The van der Waals surface area contributed by atoms with Crippen molar-refractivity contribution in [2.75, 3.05) is 32.1 Å². The summed E-state index contributed by atoms with van der Waals surface area (Å²) >= 11 is 0. The van der Waals surface area contributed by atoms with E-state index < -0.39 is 0 Å². The van der Waals surface area contributed by atoms with Crippen molar-refractivity contribution in [3.8, 4) is 0 Å². The van der Waals surface area contributed by atoms with Crippen LogP contribution in [0, 0.1) is 0 Å². The number of aliphatic imine (C=N–C) groups is 1. The van der Waals surface area contributed by atoms with Crippen LogP contribution in [0.5, 0.6) is 0 Å². The Bertz CT molecular complexity index is 457. The van der Waals surface area contributed by atoms with Crippen LogP contribution in [-0.4, -0.2) is 38.5 Å². The van der Waals surface area contributed by atoms with E-state index in [1.807, 2.05) is 24.3 Å². The van der Waals surface area contributed by atoms with Crippen LogP contribution in [0.2, 0.25) is 0 Å². The van der Waals surface area contributed by atoms with Crippen LogP contribution in [0.4, 0.5) is 5.69 Å². The third kappa shape index (κ3) is 3.07. The van der Waals surface area contributed by atoms with Crippen molar-refractivity contribution in [2.45, 2.75) is 6.42 Å². The van der Waals surface area contributed by atoms with Crippen LogP contribution in [0.3, 0.4) is 0 Å². The van der Waals surface area contributed by atoms with Gasteiger partial charge in [0, 0.05) is 25.8 Å². The Hall–Kier alpha value is -1.88. The summed E-state index contributed by atoms with van der Waals surface area (Å²) < 4.78 is 4.80. The number of carbonyl (C=O) groups is 1. The molecule has 5 heteroatoms. The zero-order valence-electron chi connectivity index (χ0n) is 10.4. The summed E-state index contributed by atoms with van der Waals surface area (Å²) in [6.07, 6.45) is 1.04. The maximum absolute atomic E-state index is 11.6. The Morgan fingerprint density at radius 1 is 1.50 bits per heavy atom. The van der Waals surface area contributed by atoms with Gasteiger partial charge in [-0.15, -0.1) is 0 Å². The van der Waals surface area contributed by atoms with Crippen LogP contribution in [0.1, 0.15) is 12.0 Å². The second-order valence-electron chi connectivity index (χ2n) is 4.04. The molecule has 1 amide bonds. The van der Waals surface area contributed by atoms with Gasteiger partial charge in [-0.25, -0.2) is 0 Å². The fourth-order valence-corrected chi connectivity index (χ4v) is 1.83. The molecule has 0 saturated carbocycles. The van der Waals surface area contributed by atoms with Gasteiger partial charge in [-0.05, 0) is 18.6 Å². The Labute approximate surface area is 106 Å². The van der Waals surface area contributed by atoms with E-state index in [2.05, 4.69) is 15.6 Å². The van der Waals surface area contributed by atoms with Gasteiger partial charge < -0.3 is 15.4 Å². The summed E-state index contributed by atoms with van der Waals surface area (Å²) in [5, 5.41) is 6.07. The SMILES string of the molecule is COCC(=O)Nc1ccccc1C1=NCCCN1. The van der Waals surface area contributed by atoms with Gasteiger partial charge >= 0.3 is 0 Å². The van der Waals surface area contributed by atoms with Gasteiger partial charge in [0.05, 0.1) is 5.69 Å². The molecule has 1 aliphatic heterocycles. The van der Waals surface area contributed by atoms with E-state index in [-0.39, 0.29) is 12.5 Å². The summed E-state index contributed by atoms with van der Waals surface area (Å²) in [5.74, 6) is 0.677. The second kappa shape index (κ2) is 6.16. The number of benzene rings is 1. The van der Waals surface area contributed by atoms with Crippen molar-refractivity contribution in [1.29, 1.82) is 0 Å². The van der Waals surface area contributed by atoms with Crippen LogP contribution < -0.4 is 10.6 Å². The highest BCUT2D eigenvalue weighted by molar-refractivity contribution is 6.06. The lowest BCUT2D eigenvalue weighted by Crippen LogP contribution is -2.31. The van der Waals surface area contributed by atoms with Gasteiger partial charge in [0.2, 0.25) is 5.91 Å². The fourth-order valence-electron chi connectivity index (χ4n) is 1.83. The number of hydrogen-bond donors (Lipinski definition) is 2. The molecule has 0 atom stereocenters. The molecule has 2 rings (SSSR count). The molecule has 18 heavy (non-hydrogen) atoms. The number of amidine groups is 1. The molecule has 0 fully saturated rings. The summed E-state index contributed by atoms with van der Waals surface area (Å²) in [5.41, 5.74) is 1.68. The molecule has 1 aromatic rings. The molecule has 0 unspecified atom stereocenters. The Morgan fingerprint density at radius 2 is 2.33 bits per heavy atom. The van der Waals surface area contributed by atoms with Crippen LogP contribution >= 0.6 is 0 Å². The summed E-state index contributed by atoms with van der Waals surface area (Å²) in [7, 11) is 1.50. The van der Waals surface area contributed by atoms with E-state index >= 15 is 0 Å². The number of para-hydroxylation sites is 1. The largest absolute Gasteiger partial charge is 0.375 e. The Balaban J connectivity index is 2.19. The maximum atomic E-state index is 11.6. The standard InChI is InChI=1S/C13H17N3O2/c1-18-9-12(17)16-11-6-3-2-5-10(11)13-14-7-4-8-15-13/h2-3,5-6H,4,7-9H2,1H3,(H,14,15)(H,16,17). The monoisotopic (exact) mass is 247 g/mol. The van der Waals surface area contributed by atoms with Crippen LogP contribution in [-0.2, 0) is 9.53 Å². The number of hydrogen-bond acceptors (Lipinski definition) is 4. The normalized spacial score (nSPS) is 14.6. The Morgan fingerprint density at radius 3 is 3.06 bits per heavy atom. The van der Waals surface area contributed by atoms with Gasteiger partial charge in [-0.2, -0.15) is 0 Å². The highest BCUT2D eigenvalue weighted by atomic mass is 16.5. The van der Waals surface area contributed by atoms with Crippen molar-refractivity contribution in [1.82, 2.24) is 5.32 Å². The minimum Gasteiger partial charge on any atom is -0.375 e. The van der Waals surface area contributed by atoms with Crippen molar-refractivity contribution in [2.24, 2.45) is 4.99 Å². The molecular weight excluding hydrogens is 230 g/mol. The summed E-state index contributed by atoms with van der Waals surface area (Å²) in [4.78, 5) is 16.0. The number of rotatable bonds is 4. The Kier molecular flexibility index (Phi) is 4.30. The fraction of sp³-hybridized carbons (Fsp3) is 0.385. The minimum atomic E-state index is -0.165. The van der Waals surface area contributed by atoms with E-state index in [0.717, 1.165) is 36.6 Å². The van der Waals surface area contributed by atoms with Crippen LogP contribution in [0.25, 0.3) is 0 Å². The van der Waals surface area contributed by atoms with Crippen LogP contribution in [0.15, 0.2) is 29.3 Å². The zero-order chi connectivity index (χ0) is 12.8. The second-order valence-corrected chi connectivity index (χ2v) is 4.04. The first-order chi connectivity index (χ1) is 8.81. The predicted octanol–water partition coefficient (Wildman–Crippen LogP) is 1.01. The average Bonchev–Trinajstić information content (AvgIpc) is 2.40. The van der Waals surface area contributed by atoms with E-state index in [0.29, 0.717) is 0 Å². The van der Waals surface area contributed by atoms with E-state index in [4.69, 9.17) is 4.74 Å². The molecule has 0 bridgehead atoms. The lowest BCUT2D eigenvalue weighted by molar-refractivity contribution is -0.119. The van der Waals surface area contributed by atoms with Gasteiger partial charge in [0.25, 0.3) is 0 Å². The third-order valence-electron chi connectivity index (χ3n) is 2.63. The van der Waals surface area contributed by atoms with Crippen molar-refractivity contribution < 1.29 is 9.53 Å². The van der Waals surface area contributed by atoms with Crippen molar-refractivity contribution in [3.63, 3.8) is 0 Å². The summed E-state index contributed by atoms with van der Waals surface area (Å²) in [6, 6.07) is 7.62. The molecule has 5 nitrogen and oxygen atoms in total. The maximum Gasteiger partial charge on any atom is 0.250 e. The lowest BCUT2D eigenvalue weighted by Gasteiger charge is -2.17. The van der Waals surface area contributed by atoms with Crippen molar-refractivity contribution in [3.05, 3.63) is 29.8 Å². The lowest BCUT2D eigenvalue weighted by atomic mass is 10.1. The van der Waals surface area contributed by atoms with E-state index in [9.17, 15) is 4.79 Å². The first-order valence-electron chi connectivity index (χ1n) is 5.98. The molecule has 0 spiro atoms. The molecule has 1 aromatic carbocycles. The minimum absolute atomic E-state index is 0.0498. The molecule has 2 N–H and O–H groups in total. The number of amides is 1. The predicted molar refractivity (Wildman–Crippen MR) is 71.0 cm³/mol. The number of nitrogens with one attached hydrogen (secondary N) is 2. The number of methoxy groups -OCH3 is 1.